The zero-order valence-electron chi connectivity index (χ0n) is 16.0. The number of nitrogens with zero attached hydrogens (tertiary/aromatic N) is 2. The second-order valence-corrected chi connectivity index (χ2v) is 7.97. The van der Waals surface area contributed by atoms with Gasteiger partial charge in [-0.15, -0.1) is 0 Å². The van der Waals surface area contributed by atoms with Crippen LogP contribution in [0.2, 0.25) is 0 Å². The monoisotopic (exact) mass is 360 g/mol. The summed E-state index contributed by atoms with van der Waals surface area (Å²) in [4.78, 5) is 39.5. The lowest BCUT2D eigenvalue weighted by Gasteiger charge is -2.32. The van der Waals surface area contributed by atoms with Crippen LogP contribution in [0.25, 0.3) is 0 Å². The Labute approximate surface area is 154 Å². The number of hydrogen-bond acceptors (Lipinski definition) is 3. The maximum atomic E-state index is 12.9. The second kappa shape index (κ2) is 7.89. The summed E-state index contributed by atoms with van der Waals surface area (Å²) in [5.41, 5.74) is 1.35. The molecular formula is C20H28N2O4. The molecule has 2 rings (SSSR count). The maximum Gasteiger partial charge on any atom is 0.308 e. The van der Waals surface area contributed by atoms with Crippen LogP contribution in [0.4, 0.5) is 0 Å². The number of likely N-dealkylation sites (tertiary alicyclic amines) is 1. The van der Waals surface area contributed by atoms with Gasteiger partial charge < -0.3 is 14.9 Å². The molecule has 1 aliphatic heterocycles. The Morgan fingerprint density at radius 1 is 1.23 bits per heavy atom. The van der Waals surface area contributed by atoms with E-state index in [1.807, 2.05) is 39.0 Å². The SMILES string of the molecule is CN(CC(=O)N1CCCC(C(=O)O)C1)C(=O)c1ccccc1C(C)(C)C. The third-order valence-electron chi connectivity index (χ3n) is 4.81. The van der Waals surface area contributed by atoms with Crippen LogP contribution in [0, 0.1) is 5.92 Å². The molecule has 142 valence electrons. The summed E-state index contributed by atoms with van der Waals surface area (Å²) in [6.45, 7) is 6.85. The van der Waals surface area contributed by atoms with Gasteiger partial charge in [0.25, 0.3) is 5.91 Å². The van der Waals surface area contributed by atoms with Gasteiger partial charge in [-0.2, -0.15) is 0 Å². The van der Waals surface area contributed by atoms with Crippen LogP contribution < -0.4 is 0 Å². The molecule has 1 saturated heterocycles. The summed E-state index contributed by atoms with van der Waals surface area (Å²) in [7, 11) is 1.61. The highest BCUT2D eigenvalue weighted by molar-refractivity contribution is 5.98. The van der Waals surface area contributed by atoms with Crippen LogP contribution in [0.1, 0.15) is 49.5 Å². The summed E-state index contributed by atoms with van der Waals surface area (Å²) in [5, 5.41) is 9.16. The van der Waals surface area contributed by atoms with Gasteiger partial charge in [0.15, 0.2) is 0 Å². The first-order chi connectivity index (χ1) is 12.1. The molecule has 0 radical (unpaired) electrons. The number of likely N-dealkylation sites (N-methyl/N-ethyl adjacent to an activating group) is 1. The summed E-state index contributed by atoms with van der Waals surface area (Å²) in [5.74, 6) is -1.79. The van der Waals surface area contributed by atoms with Crippen molar-refractivity contribution in [3.8, 4) is 0 Å². The van der Waals surface area contributed by atoms with E-state index < -0.39 is 11.9 Å². The molecule has 1 N–H and O–H groups in total. The lowest BCUT2D eigenvalue weighted by molar-refractivity contribution is -0.145. The lowest BCUT2D eigenvalue weighted by Crippen LogP contribution is -2.47. The van der Waals surface area contributed by atoms with Crippen molar-refractivity contribution in [2.75, 3.05) is 26.7 Å². The Morgan fingerprint density at radius 2 is 1.88 bits per heavy atom. The van der Waals surface area contributed by atoms with Crippen LogP contribution in [0.15, 0.2) is 24.3 Å². The zero-order valence-corrected chi connectivity index (χ0v) is 16.0. The number of carboxylic acid groups (broad SMARTS) is 1. The minimum atomic E-state index is -0.869. The van der Waals surface area contributed by atoms with Crippen molar-refractivity contribution in [2.45, 2.75) is 39.0 Å². The van der Waals surface area contributed by atoms with E-state index in [1.54, 1.807) is 18.0 Å². The van der Waals surface area contributed by atoms with Crippen molar-refractivity contribution in [2.24, 2.45) is 5.92 Å². The Morgan fingerprint density at radius 3 is 2.50 bits per heavy atom. The Balaban J connectivity index is 2.08. The molecule has 1 aromatic carbocycles. The number of rotatable bonds is 4. The first-order valence-corrected chi connectivity index (χ1v) is 8.97. The molecule has 1 aromatic rings. The first-order valence-electron chi connectivity index (χ1n) is 8.97. The highest BCUT2D eigenvalue weighted by Crippen LogP contribution is 2.26. The standard InChI is InChI=1S/C20H28N2O4/c1-20(2,3)16-10-6-5-9-15(16)18(24)21(4)13-17(23)22-11-7-8-14(12-22)19(25)26/h5-6,9-10,14H,7-8,11-13H2,1-4H3,(H,25,26). The summed E-state index contributed by atoms with van der Waals surface area (Å²) < 4.78 is 0. The largest absolute Gasteiger partial charge is 0.481 e. The van der Waals surface area contributed by atoms with Crippen LogP contribution >= 0.6 is 0 Å². The maximum absolute atomic E-state index is 12.9. The van der Waals surface area contributed by atoms with E-state index >= 15 is 0 Å². The van der Waals surface area contributed by atoms with Crippen LogP contribution in [0.5, 0.6) is 0 Å². The molecule has 0 bridgehead atoms. The predicted octanol–water partition coefficient (Wildman–Crippen LogP) is 2.38. The molecule has 2 amide bonds. The summed E-state index contributed by atoms with van der Waals surface area (Å²) >= 11 is 0. The highest BCUT2D eigenvalue weighted by atomic mass is 16.4. The molecule has 0 aliphatic carbocycles. The third kappa shape index (κ3) is 4.62. The molecule has 1 unspecified atom stereocenters. The van der Waals surface area contributed by atoms with Gasteiger partial charge in [-0.05, 0) is 29.9 Å². The molecule has 1 heterocycles. The Bertz CT molecular complexity index is 693. The van der Waals surface area contributed by atoms with Gasteiger partial charge >= 0.3 is 5.97 Å². The minimum Gasteiger partial charge on any atom is -0.481 e. The minimum absolute atomic E-state index is 0.0519. The first kappa shape index (κ1) is 19.9. The molecule has 0 spiro atoms. The molecule has 1 aliphatic rings. The highest BCUT2D eigenvalue weighted by Gasteiger charge is 2.30. The number of carboxylic acids is 1. The van der Waals surface area contributed by atoms with Gasteiger partial charge in [0.1, 0.15) is 0 Å². The summed E-state index contributed by atoms with van der Waals surface area (Å²) in [6.07, 6.45) is 1.26. The fourth-order valence-corrected chi connectivity index (χ4v) is 3.31. The molecule has 0 aromatic heterocycles. The van der Waals surface area contributed by atoms with Crippen LogP contribution in [0.3, 0.4) is 0 Å². The Kier molecular flexibility index (Phi) is 6.05. The number of hydrogen-bond donors (Lipinski definition) is 1. The van der Waals surface area contributed by atoms with E-state index in [2.05, 4.69) is 0 Å². The van der Waals surface area contributed by atoms with E-state index in [1.165, 1.54) is 4.90 Å². The van der Waals surface area contributed by atoms with Gasteiger partial charge in [0, 0.05) is 25.7 Å². The molecule has 6 heteroatoms. The van der Waals surface area contributed by atoms with Gasteiger partial charge in [0.2, 0.25) is 5.91 Å². The van der Waals surface area contributed by atoms with Gasteiger partial charge in [0.05, 0.1) is 12.5 Å². The number of piperidine rings is 1. The van der Waals surface area contributed by atoms with Gasteiger partial charge in [-0.25, -0.2) is 0 Å². The Hall–Kier alpha value is -2.37. The number of amides is 2. The fraction of sp³-hybridized carbons (Fsp3) is 0.550. The number of aliphatic carboxylic acids is 1. The van der Waals surface area contributed by atoms with E-state index in [-0.39, 0.29) is 30.3 Å². The van der Waals surface area contributed by atoms with E-state index in [0.717, 1.165) is 5.56 Å². The summed E-state index contributed by atoms with van der Waals surface area (Å²) in [6, 6.07) is 7.44. The molecule has 1 fully saturated rings. The normalized spacial score (nSPS) is 17.7. The van der Waals surface area contributed by atoms with E-state index in [0.29, 0.717) is 24.9 Å². The fourth-order valence-electron chi connectivity index (χ4n) is 3.31. The van der Waals surface area contributed by atoms with Crippen molar-refractivity contribution in [1.82, 2.24) is 9.80 Å². The molecular weight excluding hydrogens is 332 g/mol. The van der Waals surface area contributed by atoms with Crippen LogP contribution in [-0.4, -0.2) is 59.4 Å². The lowest BCUT2D eigenvalue weighted by atomic mass is 9.83. The molecule has 6 nitrogen and oxygen atoms in total. The topological polar surface area (TPSA) is 77.9 Å². The van der Waals surface area contributed by atoms with Gasteiger partial charge in [-0.3, -0.25) is 14.4 Å². The predicted molar refractivity (Wildman–Crippen MR) is 99.0 cm³/mol. The van der Waals surface area contributed by atoms with Crippen molar-refractivity contribution in [3.63, 3.8) is 0 Å². The third-order valence-corrected chi connectivity index (χ3v) is 4.81. The van der Waals surface area contributed by atoms with E-state index in [4.69, 9.17) is 5.11 Å². The average Bonchev–Trinajstić information content (AvgIpc) is 2.60. The number of carbonyl (C=O) groups excluding carboxylic acids is 2. The smallest absolute Gasteiger partial charge is 0.308 e. The van der Waals surface area contributed by atoms with Crippen LogP contribution in [-0.2, 0) is 15.0 Å². The average molecular weight is 360 g/mol. The quantitative estimate of drug-likeness (QED) is 0.894. The van der Waals surface area contributed by atoms with Gasteiger partial charge in [-0.1, -0.05) is 39.0 Å². The zero-order chi connectivity index (χ0) is 19.5. The molecule has 26 heavy (non-hydrogen) atoms. The molecule has 0 saturated carbocycles. The van der Waals surface area contributed by atoms with E-state index in [9.17, 15) is 14.4 Å². The molecule has 1 atom stereocenters. The number of benzene rings is 1. The second-order valence-electron chi connectivity index (χ2n) is 7.97. The van der Waals surface area contributed by atoms with Crippen molar-refractivity contribution in [3.05, 3.63) is 35.4 Å². The van der Waals surface area contributed by atoms with Crippen molar-refractivity contribution < 1.29 is 19.5 Å². The van der Waals surface area contributed by atoms with Crippen molar-refractivity contribution in [1.29, 1.82) is 0 Å². The van der Waals surface area contributed by atoms with Crippen molar-refractivity contribution >= 4 is 17.8 Å². The number of carbonyl (C=O) groups is 3.